The quantitative estimate of drug-likeness (QED) is 0.158. The zero-order chi connectivity index (χ0) is 48.0. The van der Waals surface area contributed by atoms with Crippen LogP contribution in [0.4, 0.5) is 0 Å². The number of carbonyl (C=O) groups is 2. The van der Waals surface area contributed by atoms with Gasteiger partial charge in [-0.1, -0.05) is 36.4 Å². The van der Waals surface area contributed by atoms with Crippen molar-refractivity contribution in [1.29, 1.82) is 0 Å². The first-order valence-corrected chi connectivity index (χ1v) is 22.1. The van der Waals surface area contributed by atoms with E-state index in [1.54, 1.807) is 60.7 Å². The van der Waals surface area contributed by atoms with Crippen molar-refractivity contribution in [3.63, 3.8) is 0 Å². The number of esters is 2. The van der Waals surface area contributed by atoms with Gasteiger partial charge >= 0.3 is 11.9 Å². The van der Waals surface area contributed by atoms with Crippen LogP contribution < -0.4 is 0 Å². The molecule has 4 saturated heterocycles. The van der Waals surface area contributed by atoms with Crippen molar-refractivity contribution in [2.75, 3.05) is 83.3 Å². The molecule has 0 aromatic heterocycles. The molecule has 0 saturated carbocycles. The third-order valence-corrected chi connectivity index (χ3v) is 12.2. The molecular formula is C46H66O21. The van der Waals surface area contributed by atoms with Gasteiger partial charge in [0.2, 0.25) is 0 Å². The Morgan fingerprint density at radius 2 is 0.925 bits per heavy atom. The Bertz CT molecular complexity index is 1760. The van der Waals surface area contributed by atoms with Crippen LogP contribution >= 0.6 is 0 Å². The minimum Gasteiger partial charge on any atom is -0.459 e. The molecule has 376 valence electrons. The Labute approximate surface area is 390 Å². The van der Waals surface area contributed by atoms with Gasteiger partial charge in [0, 0.05) is 69.7 Å². The zero-order valence-electron chi connectivity index (χ0n) is 39.1. The minimum absolute atomic E-state index is 0.00569. The molecule has 2 aromatic carbocycles. The zero-order valence-corrected chi connectivity index (χ0v) is 39.1. The number of benzene rings is 2. The predicted molar refractivity (Wildman–Crippen MR) is 229 cm³/mol. The maximum atomic E-state index is 13.3. The van der Waals surface area contributed by atoms with E-state index in [0.29, 0.717) is 11.1 Å². The summed E-state index contributed by atoms with van der Waals surface area (Å²) in [6.45, 7) is -0.581. The van der Waals surface area contributed by atoms with E-state index in [0.717, 1.165) is 0 Å². The highest BCUT2D eigenvalue weighted by Gasteiger charge is 2.55. The van der Waals surface area contributed by atoms with Crippen molar-refractivity contribution in [2.45, 2.75) is 123 Å². The molecule has 0 amide bonds. The number of rotatable bonds is 22. The summed E-state index contributed by atoms with van der Waals surface area (Å²) in [5, 5.41) is 21.7. The van der Waals surface area contributed by atoms with Gasteiger partial charge in [0.15, 0.2) is 25.2 Å². The van der Waals surface area contributed by atoms with Gasteiger partial charge in [0.25, 0.3) is 0 Å². The predicted octanol–water partition coefficient (Wildman–Crippen LogP) is 1.27. The normalized spacial score (nSPS) is 36.9. The average molecular weight is 955 g/mol. The summed E-state index contributed by atoms with van der Waals surface area (Å²) in [5.41, 5.74) is 0.648. The Kier molecular flexibility index (Phi) is 20.6. The van der Waals surface area contributed by atoms with Gasteiger partial charge in [-0.25, -0.2) is 9.59 Å². The molecule has 0 bridgehead atoms. The van der Waals surface area contributed by atoms with Gasteiger partial charge in [-0.3, -0.25) is 0 Å². The van der Waals surface area contributed by atoms with Crippen molar-refractivity contribution in [2.24, 2.45) is 0 Å². The fraction of sp³-hybridized carbons (Fsp3) is 0.696. The molecule has 21 nitrogen and oxygen atoms in total. The van der Waals surface area contributed by atoms with Crippen LogP contribution in [0, 0.1) is 0 Å². The summed E-state index contributed by atoms with van der Waals surface area (Å²) in [7, 11) is 11.8. The fourth-order valence-electron chi connectivity index (χ4n) is 8.87. The number of hydrogen-bond donors (Lipinski definition) is 2. The molecule has 6 rings (SSSR count). The van der Waals surface area contributed by atoms with Crippen molar-refractivity contribution in [1.82, 2.24) is 0 Å². The van der Waals surface area contributed by atoms with E-state index in [1.165, 1.54) is 56.9 Å². The summed E-state index contributed by atoms with van der Waals surface area (Å²) in [4.78, 5) is 26.2. The van der Waals surface area contributed by atoms with Crippen LogP contribution in [0.5, 0.6) is 0 Å². The van der Waals surface area contributed by atoms with E-state index >= 15 is 0 Å². The summed E-state index contributed by atoms with van der Waals surface area (Å²) < 4.78 is 103. The second kappa shape index (κ2) is 26.1. The lowest BCUT2D eigenvalue weighted by Crippen LogP contribution is -2.65. The summed E-state index contributed by atoms with van der Waals surface area (Å²) in [6.07, 6.45) is -17.2. The van der Waals surface area contributed by atoms with Crippen molar-refractivity contribution in [3.05, 3.63) is 71.8 Å². The molecule has 0 spiro atoms. The van der Waals surface area contributed by atoms with E-state index in [1.807, 2.05) is 0 Å². The summed E-state index contributed by atoms with van der Waals surface area (Å²) in [6, 6.07) is 16.9. The van der Waals surface area contributed by atoms with Gasteiger partial charge in [0.1, 0.15) is 86.5 Å². The van der Waals surface area contributed by atoms with Gasteiger partial charge in [-0.05, 0) is 24.3 Å². The van der Waals surface area contributed by atoms with Crippen LogP contribution in [0.2, 0.25) is 0 Å². The highest BCUT2D eigenvalue weighted by atomic mass is 16.8. The third kappa shape index (κ3) is 13.1. The number of carbonyl (C=O) groups excluding carboxylic acids is 2. The van der Waals surface area contributed by atoms with Crippen LogP contribution in [0.15, 0.2) is 60.7 Å². The molecule has 0 radical (unpaired) electrons. The topological polar surface area (TPSA) is 232 Å². The smallest absolute Gasteiger partial charge is 0.338 e. The maximum Gasteiger partial charge on any atom is 0.338 e. The second-order valence-corrected chi connectivity index (χ2v) is 16.3. The first-order chi connectivity index (χ1) is 32.5. The Hall–Kier alpha value is -3.30. The van der Waals surface area contributed by atoms with Crippen molar-refractivity contribution in [3.8, 4) is 0 Å². The monoisotopic (exact) mass is 954 g/mol. The lowest BCUT2D eigenvalue weighted by molar-refractivity contribution is -0.376. The lowest BCUT2D eigenvalue weighted by atomic mass is 9.96. The van der Waals surface area contributed by atoms with Crippen molar-refractivity contribution < 1.29 is 100 Å². The molecule has 67 heavy (non-hydrogen) atoms. The third-order valence-electron chi connectivity index (χ3n) is 12.2. The molecule has 18 atom stereocenters. The van der Waals surface area contributed by atoms with Gasteiger partial charge < -0.3 is 90.7 Å². The van der Waals surface area contributed by atoms with Crippen LogP contribution in [-0.4, -0.2) is 216 Å². The number of aliphatic hydroxyl groups is 2. The van der Waals surface area contributed by atoms with Crippen LogP contribution in [0.3, 0.4) is 0 Å². The highest BCUT2D eigenvalue weighted by molar-refractivity contribution is 5.89. The van der Waals surface area contributed by atoms with Gasteiger partial charge in [0.05, 0.1) is 36.5 Å². The number of aliphatic hydroxyl groups excluding tert-OH is 2. The SMILES string of the molecule is COC[C@H]1OC(O)C[C@@H](OC)[C@@H]1O[C@H]1O[C@H](COC(=O)c2ccccc2)[C@@H](OC2C[C@@H](OC)[C@H](O[C@H]3O[C@H](COC(=O)c4ccccc4)[C@@H](O)[C@H](OC)[C@H]3OC)[C@@H](COC)O2)[C@H](OC)[C@H]1OC. The minimum atomic E-state index is -1.27. The standard InChI is InChI=1S/C46H66O21/c1-51-21-30-36(27(53-3)19-33(47)61-30)66-46-42(58-8)40(56-6)38(32(64-46)24-60-44(50)26-17-13-10-14-18-26)65-34-20-28(54-4)37(31(62-34)22-52-2)67-45-41(57-7)39(55-5)35(48)29(63-45)23-59-43(49)25-15-11-9-12-16-25/h9-18,27-42,45-48H,19-24H2,1-8H3/t27-,28-,29-,30-,31-,32-,33?,34?,35-,36+,37+,38-,39+,40+,41-,42-,45-,46-/m1/s1. The molecule has 2 unspecified atom stereocenters. The van der Waals surface area contributed by atoms with E-state index < -0.39 is 123 Å². The van der Waals surface area contributed by atoms with Gasteiger partial charge in [-0.15, -0.1) is 0 Å². The fourth-order valence-corrected chi connectivity index (χ4v) is 8.87. The molecule has 4 heterocycles. The van der Waals surface area contributed by atoms with Crippen molar-refractivity contribution >= 4 is 11.9 Å². The molecule has 2 aromatic rings. The molecule has 4 aliphatic rings. The second-order valence-electron chi connectivity index (χ2n) is 16.3. The molecule has 21 heteroatoms. The Morgan fingerprint density at radius 1 is 0.478 bits per heavy atom. The molecule has 4 aliphatic heterocycles. The Morgan fingerprint density at radius 3 is 1.42 bits per heavy atom. The van der Waals surface area contributed by atoms with E-state index in [2.05, 4.69) is 0 Å². The number of hydrogen-bond acceptors (Lipinski definition) is 21. The average Bonchev–Trinajstić information content (AvgIpc) is 3.34. The summed E-state index contributed by atoms with van der Waals surface area (Å²) in [5.74, 6) is -1.21. The van der Waals surface area contributed by atoms with E-state index in [9.17, 15) is 19.8 Å². The lowest BCUT2D eigenvalue weighted by Gasteiger charge is -2.50. The first kappa shape index (κ1) is 53.1. The maximum absolute atomic E-state index is 13.3. The first-order valence-electron chi connectivity index (χ1n) is 22.1. The van der Waals surface area contributed by atoms with E-state index in [4.69, 9.17) is 80.5 Å². The molecule has 2 N–H and O–H groups in total. The largest absolute Gasteiger partial charge is 0.459 e. The van der Waals surface area contributed by atoms with Gasteiger partial charge in [-0.2, -0.15) is 0 Å². The van der Waals surface area contributed by atoms with Crippen LogP contribution in [0.25, 0.3) is 0 Å². The van der Waals surface area contributed by atoms with E-state index in [-0.39, 0.29) is 39.3 Å². The molecule has 0 aliphatic carbocycles. The van der Waals surface area contributed by atoms with Crippen LogP contribution in [-0.2, 0) is 80.5 Å². The number of ether oxygens (including phenoxy) is 17. The molecule has 4 fully saturated rings. The Balaban J connectivity index is 1.23. The highest BCUT2D eigenvalue weighted by Crippen LogP contribution is 2.37. The van der Waals surface area contributed by atoms with Crippen LogP contribution in [0.1, 0.15) is 33.6 Å². The summed E-state index contributed by atoms with van der Waals surface area (Å²) >= 11 is 0. The molecular weight excluding hydrogens is 888 g/mol. The number of methoxy groups -OCH3 is 8.